The molecule has 0 heterocycles. The Kier molecular flexibility index (Phi) is 4.84. The molecule has 2 N–H and O–H groups in total. The van der Waals surface area contributed by atoms with Gasteiger partial charge in [-0.3, -0.25) is 0 Å². The molecule has 0 aromatic carbocycles. The maximum Gasteiger partial charge on any atom is 0.346 e. The van der Waals surface area contributed by atoms with Gasteiger partial charge in [-0.05, 0) is 19.8 Å². The largest absolute Gasteiger partial charge is 0.494 e. The van der Waals surface area contributed by atoms with Crippen LogP contribution in [0.2, 0.25) is 0 Å². The fourth-order valence-electron chi connectivity index (χ4n) is 0.810. The number of hydrogen-bond donors (Lipinski definition) is 2. The highest BCUT2D eigenvalue weighted by molar-refractivity contribution is 6.12. The highest BCUT2D eigenvalue weighted by Crippen LogP contribution is 2.20. The monoisotopic (exact) mass is 216 g/mol. The fourth-order valence-corrected chi connectivity index (χ4v) is 0.810. The van der Waals surface area contributed by atoms with E-state index in [0.29, 0.717) is 12.8 Å². The second-order valence-corrected chi connectivity index (χ2v) is 3.42. The van der Waals surface area contributed by atoms with Crippen LogP contribution in [-0.2, 0) is 14.3 Å². The van der Waals surface area contributed by atoms with Crippen molar-refractivity contribution in [2.45, 2.75) is 39.2 Å². The molecule has 0 aliphatic rings. The van der Waals surface area contributed by atoms with E-state index in [1.54, 1.807) is 6.92 Å². The van der Waals surface area contributed by atoms with Crippen LogP contribution >= 0.6 is 0 Å². The molecule has 0 unspecified atom stereocenters. The van der Waals surface area contributed by atoms with Crippen molar-refractivity contribution < 1.29 is 24.5 Å². The minimum atomic E-state index is -1.50. The van der Waals surface area contributed by atoms with E-state index in [1.807, 2.05) is 13.8 Å². The van der Waals surface area contributed by atoms with E-state index in [2.05, 4.69) is 0 Å². The molecule has 0 amide bonds. The number of hydrogen-bond acceptors (Lipinski definition) is 3. The molecule has 0 bridgehead atoms. The zero-order chi connectivity index (χ0) is 12.1. The van der Waals surface area contributed by atoms with E-state index in [1.165, 1.54) is 0 Å². The Labute approximate surface area is 88.4 Å². The summed E-state index contributed by atoms with van der Waals surface area (Å²) in [5, 5.41) is 17.1. The summed E-state index contributed by atoms with van der Waals surface area (Å²) in [6, 6.07) is 0. The maximum absolute atomic E-state index is 10.5. The number of ether oxygens (including phenoxy) is 1. The third-order valence-corrected chi connectivity index (χ3v) is 2.42. The summed E-state index contributed by atoms with van der Waals surface area (Å²) < 4.78 is 5.19. The number of carboxylic acid groups (broad SMARTS) is 2. The second-order valence-electron chi connectivity index (χ2n) is 3.42. The van der Waals surface area contributed by atoms with Crippen LogP contribution in [-0.4, -0.2) is 27.8 Å². The van der Waals surface area contributed by atoms with Crippen LogP contribution in [0.1, 0.15) is 33.6 Å². The topological polar surface area (TPSA) is 83.8 Å². The van der Waals surface area contributed by atoms with E-state index in [4.69, 9.17) is 14.9 Å². The molecular weight excluding hydrogens is 200 g/mol. The van der Waals surface area contributed by atoms with E-state index in [-0.39, 0.29) is 0 Å². The van der Waals surface area contributed by atoms with Gasteiger partial charge in [0.1, 0.15) is 11.9 Å². The van der Waals surface area contributed by atoms with Crippen LogP contribution < -0.4 is 0 Å². The van der Waals surface area contributed by atoms with Gasteiger partial charge in [-0.15, -0.1) is 0 Å². The van der Waals surface area contributed by atoms with E-state index >= 15 is 0 Å². The standard InChI is InChI=1S/C10H16O5/c1-4-10(3,5-2)15-6-7(8(11)12)9(13)14/h6H,4-5H2,1-3H3,(H,11,12)(H,13,14). The van der Waals surface area contributed by atoms with Gasteiger partial charge in [-0.25, -0.2) is 9.59 Å². The van der Waals surface area contributed by atoms with Gasteiger partial charge in [0.25, 0.3) is 0 Å². The first-order chi connectivity index (χ1) is 6.86. The summed E-state index contributed by atoms with van der Waals surface area (Å²) >= 11 is 0. The fraction of sp³-hybridized carbons (Fsp3) is 0.600. The normalized spacial score (nSPS) is 10.6. The summed E-state index contributed by atoms with van der Waals surface area (Å²) in [5.41, 5.74) is -1.28. The third kappa shape index (κ3) is 4.01. The van der Waals surface area contributed by atoms with Gasteiger partial charge in [-0.1, -0.05) is 13.8 Å². The number of rotatable bonds is 6. The molecule has 0 aliphatic heterocycles. The Bertz CT molecular complexity index is 260. The number of aliphatic carboxylic acids is 2. The van der Waals surface area contributed by atoms with Crippen LogP contribution in [0.5, 0.6) is 0 Å². The van der Waals surface area contributed by atoms with Gasteiger partial charge >= 0.3 is 11.9 Å². The van der Waals surface area contributed by atoms with Gasteiger partial charge in [0.05, 0.1) is 0 Å². The zero-order valence-corrected chi connectivity index (χ0v) is 9.11. The van der Waals surface area contributed by atoms with Gasteiger partial charge < -0.3 is 14.9 Å². The summed E-state index contributed by atoms with van der Waals surface area (Å²) in [6.45, 7) is 5.57. The second kappa shape index (κ2) is 5.38. The Hall–Kier alpha value is -1.52. The molecule has 0 rings (SSSR count). The van der Waals surface area contributed by atoms with Gasteiger partial charge in [0, 0.05) is 0 Å². The van der Waals surface area contributed by atoms with Crippen molar-refractivity contribution in [3.63, 3.8) is 0 Å². The smallest absolute Gasteiger partial charge is 0.346 e. The molecule has 86 valence electrons. The van der Waals surface area contributed by atoms with Gasteiger partial charge in [0.2, 0.25) is 0 Å². The minimum Gasteiger partial charge on any atom is -0.494 e. The molecular formula is C10H16O5. The lowest BCUT2D eigenvalue weighted by atomic mass is 10.0. The molecule has 0 fully saturated rings. The van der Waals surface area contributed by atoms with Crippen LogP contribution in [0.15, 0.2) is 11.8 Å². The van der Waals surface area contributed by atoms with Crippen molar-refractivity contribution in [3.8, 4) is 0 Å². The van der Waals surface area contributed by atoms with Crippen molar-refractivity contribution in [3.05, 3.63) is 11.8 Å². The highest BCUT2D eigenvalue weighted by Gasteiger charge is 2.23. The van der Waals surface area contributed by atoms with E-state index < -0.39 is 23.1 Å². The maximum atomic E-state index is 10.5. The third-order valence-electron chi connectivity index (χ3n) is 2.42. The average Bonchev–Trinajstić information content (AvgIpc) is 2.16. The molecule has 0 saturated carbocycles. The summed E-state index contributed by atoms with van der Waals surface area (Å²) in [6.07, 6.45) is 2.15. The predicted molar refractivity (Wildman–Crippen MR) is 53.4 cm³/mol. The first kappa shape index (κ1) is 13.5. The Morgan fingerprint density at radius 2 is 1.60 bits per heavy atom. The summed E-state index contributed by atoms with van der Waals surface area (Å²) in [5.74, 6) is -3.01. The lowest BCUT2D eigenvalue weighted by Crippen LogP contribution is -2.25. The first-order valence-electron chi connectivity index (χ1n) is 4.71. The van der Waals surface area contributed by atoms with E-state index in [0.717, 1.165) is 6.26 Å². The minimum absolute atomic E-state index is 0.518. The molecule has 0 aromatic heterocycles. The lowest BCUT2D eigenvalue weighted by Gasteiger charge is -2.26. The Balaban J connectivity index is 4.73. The number of carboxylic acids is 2. The molecule has 0 aliphatic carbocycles. The van der Waals surface area contributed by atoms with Crippen LogP contribution in [0, 0.1) is 0 Å². The molecule has 0 radical (unpaired) electrons. The van der Waals surface area contributed by atoms with Gasteiger partial charge in [-0.2, -0.15) is 0 Å². The molecule has 5 heteroatoms. The molecule has 0 spiro atoms. The number of carbonyl (C=O) groups is 2. The van der Waals surface area contributed by atoms with Crippen LogP contribution in [0.25, 0.3) is 0 Å². The predicted octanol–water partition coefficient (Wildman–Crippen LogP) is 1.63. The highest BCUT2D eigenvalue weighted by atomic mass is 16.5. The van der Waals surface area contributed by atoms with Crippen LogP contribution in [0.3, 0.4) is 0 Å². The quantitative estimate of drug-likeness (QED) is 0.305. The Morgan fingerprint density at radius 1 is 1.20 bits per heavy atom. The summed E-state index contributed by atoms with van der Waals surface area (Å²) in [7, 11) is 0. The van der Waals surface area contributed by atoms with Gasteiger partial charge in [0.15, 0.2) is 5.57 Å². The molecule has 0 saturated heterocycles. The lowest BCUT2D eigenvalue weighted by molar-refractivity contribution is -0.140. The van der Waals surface area contributed by atoms with Crippen molar-refractivity contribution >= 4 is 11.9 Å². The first-order valence-corrected chi connectivity index (χ1v) is 4.71. The molecule has 5 nitrogen and oxygen atoms in total. The van der Waals surface area contributed by atoms with E-state index in [9.17, 15) is 9.59 Å². The zero-order valence-electron chi connectivity index (χ0n) is 9.11. The summed E-state index contributed by atoms with van der Waals surface area (Å²) in [4.78, 5) is 21.0. The van der Waals surface area contributed by atoms with Crippen molar-refractivity contribution in [2.75, 3.05) is 0 Å². The SMILES string of the molecule is CCC(C)(CC)OC=C(C(=O)O)C(=O)O. The molecule has 15 heavy (non-hydrogen) atoms. The Morgan fingerprint density at radius 3 is 1.87 bits per heavy atom. The van der Waals surface area contributed by atoms with Crippen molar-refractivity contribution in [2.24, 2.45) is 0 Å². The van der Waals surface area contributed by atoms with Crippen LogP contribution in [0.4, 0.5) is 0 Å². The molecule has 0 aromatic rings. The average molecular weight is 216 g/mol. The van der Waals surface area contributed by atoms with Crippen molar-refractivity contribution in [1.82, 2.24) is 0 Å². The molecule has 0 atom stereocenters. The van der Waals surface area contributed by atoms with Crippen molar-refractivity contribution in [1.29, 1.82) is 0 Å².